The largest absolute Gasteiger partial charge is 0.507 e. The number of aromatic nitrogens is 2. The summed E-state index contributed by atoms with van der Waals surface area (Å²) in [4.78, 5) is 39.0. The summed E-state index contributed by atoms with van der Waals surface area (Å²) in [6.45, 7) is 4.19. The van der Waals surface area contributed by atoms with Crippen LogP contribution in [-0.2, 0) is 4.79 Å². The molecule has 2 aromatic carbocycles. The number of aromatic carboxylic acids is 1. The minimum absolute atomic E-state index is 0.103. The van der Waals surface area contributed by atoms with Gasteiger partial charge < -0.3 is 20.1 Å². The predicted octanol–water partition coefficient (Wildman–Crippen LogP) is 4.66. The molecule has 208 valence electrons. The molecule has 0 unspecified atom stereocenters. The number of carbonyl (C=O) groups is 2. The lowest BCUT2D eigenvalue weighted by Crippen LogP contribution is -2.48. The van der Waals surface area contributed by atoms with Crippen LogP contribution in [-0.4, -0.2) is 85.4 Å². The van der Waals surface area contributed by atoms with Gasteiger partial charge in [0.15, 0.2) is 0 Å². The lowest BCUT2D eigenvalue weighted by molar-refractivity contribution is -0.122. The van der Waals surface area contributed by atoms with E-state index in [0.717, 1.165) is 54.0 Å². The zero-order valence-corrected chi connectivity index (χ0v) is 23.6. The first-order valence-corrected chi connectivity index (χ1v) is 14.4. The Kier molecular flexibility index (Phi) is 7.48. The number of pyridine rings is 1. The summed E-state index contributed by atoms with van der Waals surface area (Å²) in [6.07, 6.45) is 3.72. The third-order valence-electron chi connectivity index (χ3n) is 7.36. The minimum Gasteiger partial charge on any atom is -0.507 e. The highest BCUT2D eigenvalue weighted by Gasteiger charge is 2.32. The second-order valence-electron chi connectivity index (χ2n) is 9.90. The van der Waals surface area contributed by atoms with E-state index in [0.29, 0.717) is 28.0 Å². The van der Waals surface area contributed by atoms with E-state index in [1.54, 1.807) is 17.0 Å². The quantitative estimate of drug-likeness (QED) is 0.211. The Morgan fingerprint density at radius 2 is 1.88 bits per heavy atom. The number of amides is 1. The number of piperazine rings is 1. The van der Waals surface area contributed by atoms with E-state index in [1.165, 1.54) is 23.9 Å². The Hall–Kier alpha value is -4.19. The molecule has 1 amide bonds. The summed E-state index contributed by atoms with van der Waals surface area (Å²) < 4.78 is 0.544. The van der Waals surface area contributed by atoms with Gasteiger partial charge in [0, 0.05) is 73.7 Å². The van der Waals surface area contributed by atoms with Crippen LogP contribution in [0.4, 0.5) is 5.69 Å². The Bertz CT molecular complexity index is 1690. The number of hydrogen-bond donors (Lipinski definition) is 3. The maximum Gasteiger partial charge on any atom is 0.339 e. The van der Waals surface area contributed by atoms with Gasteiger partial charge in [-0.1, -0.05) is 36.1 Å². The Labute approximate surface area is 246 Å². The molecule has 6 rings (SSSR count). The Morgan fingerprint density at radius 3 is 2.66 bits per heavy atom. The van der Waals surface area contributed by atoms with Crippen molar-refractivity contribution in [1.82, 2.24) is 19.8 Å². The molecule has 11 heteroatoms. The van der Waals surface area contributed by atoms with Crippen molar-refractivity contribution < 1.29 is 19.8 Å². The normalized spacial score (nSPS) is 17.2. The fraction of sp³-hybridized carbons (Fsp3) is 0.200. The van der Waals surface area contributed by atoms with Crippen molar-refractivity contribution in [2.45, 2.75) is 0 Å². The molecule has 4 heterocycles. The average molecular weight is 586 g/mol. The number of rotatable bonds is 7. The number of nitrogens with one attached hydrogen (secondary N) is 1. The maximum atomic E-state index is 13.2. The molecular formula is C30H27N5O4S2. The van der Waals surface area contributed by atoms with Crippen LogP contribution in [0.1, 0.15) is 16.1 Å². The van der Waals surface area contributed by atoms with Crippen LogP contribution in [0.5, 0.6) is 5.75 Å². The molecule has 2 fully saturated rings. The average Bonchev–Trinajstić information content (AvgIpc) is 3.55. The molecule has 41 heavy (non-hydrogen) atoms. The number of aromatic hydroxyl groups is 1. The van der Waals surface area contributed by atoms with E-state index in [1.807, 2.05) is 42.6 Å². The number of benzene rings is 2. The summed E-state index contributed by atoms with van der Waals surface area (Å²) in [7, 11) is 0. The fourth-order valence-electron chi connectivity index (χ4n) is 5.10. The molecule has 3 N–H and O–H groups in total. The van der Waals surface area contributed by atoms with Gasteiger partial charge in [-0.2, -0.15) is 0 Å². The van der Waals surface area contributed by atoms with Crippen LogP contribution in [0.25, 0.3) is 28.2 Å². The van der Waals surface area contributed by atoms with Gasteiger partial charge in [-0.05, 0) is 48.5 Å². The zero-order chi connectivity index (χ0) is 28.5. The molecule has 0 aliphatic carbocycles. The number of thiocarbonyl (C=S) groups is 1. The van der Waals surface area contributed by atoms with Crippen LogP contribution in [0.2, 0.25) is 0 Å². The first-order chi connectivity index (χ1) is 19.9. The third kappa shape index (κ3) is 5.69. The Morgan fingerprint density at radius 1 is 1.05 bits per heavy atom. The molecule has 0 saturated carbocycles. The fourth-order valence-corrected chi connectivity index (χ4v) is 6.39. The minimum atomic E-state index is -1.15. The van der Waals surface area contributed by atoms with E-state index >= 15 is 0 Å². The SMILES string of the molecule is O=C(O)c1ccc(N2CCN(CCN3C(=O)/C(=C/c4cccc(-c5ccc6[nH]ccc6c5)n4)SC3=S)CC2)cc1O. The number of aromatic amines is 1. The highest BCUT2D eigenvalue weighted by Crippen LogP contribution is 2.33. The smallest absolute Gasteiger partial charge is 0.339 e. The van der Waals surface area contributed by atoms with Gasteiger partial charge in [-0.25, -0.2) is 9.78 Å². The Balaban J connectivity index is 1.06. The molecule has 0 atom stereocenters. The summed E-state index contributed by atoms with van der Waals surface area (Å²) in [5, 5.41) is 20.3. The summed E-state index contributed by atoms with van der Waals surface area (Å²) in [6, 6.07) is 18.6. The van der Waals surface area contributed by atoms with Gasteiger partial charge >= 0.3 is 5.97 Å². The van der Waals surface area contributed by atoms with Crippen LogP contribution in [0.3, 0.4) is 0 Å². The van der Waals surface area contributed by atoms with Crippen LogP contribution in [0, 0.1) is 0 Å². The van der Waals surface area contributed by atoms with Gasteiger partial charge in [-0.15, -0.1) is 0 Å². The number of carboxylic acid groups (broad SMARTS) is 1. The number of thioether (sulfide) groups is 1. The number of fused-ring (bicyclic) bond motifs is 1. The molecule has 9 nitrogen and oxygen atoms in total. The predicted molar refractivity (Wildman–Crippen MR) is 165 cm³/mol. The highest BCUT2D eigenvalue weighted by atomic mass is 32.2. The monoisotopic (exact) mass is 585 g/mol. The van der Waals surface area contributed by atoms with Gasteiger partial charge in [0.1, 0.15) is 15.6 Å². The zero-order valence-electron chi connectivity index (χ0n) is 22.0. The van der Waals surface area contributed by atoms with Gasteiger partial charge in [0.05, 0.1) is 16.3 Å². The molecule has 0 bridgehead atoms. The van der Waals surface area contributed by atoms with Crippen molar-refractivity contribution in [2.24, 2.45) is 0 Å². The van der Waals surface area contributed by atoms with E-state index in [2.05, 4.69) is 20.9 Å². The number of anilines is 1. The maximum absolute atomic E-state index is 13.2. The number of carbonyl (C=O) groups excluding carboxylic acids is 1. The number of H-pyrrole nitrogens is 1. The lowest BCUT2D eigenvalue weighted by Gasteiger charge is -2.36. The van der Waals surface area contributed by atoms with Crippen molar-refractivity contribution in [1.29, 1.82) is 0 Å². The van der Waals surface area contributed by atoms with E-state index in [4.69, 9.17) is 22.3 Å². The molecule has 4 aromatic rings. The molecule has 2 aliphatic heterocycles. The molecule has 2 aliphatic rings. The van der Waals surface area contributed by atoms with Crippen molar-refractivity contribution in [3.8, 4) is 17.0 Å². The number of hydrogen-bond acceptors (Lipinski definition) is 8. The molecular weight excluding hydrogens is 558 g/mol. The number of nitrogens with zero attached hydrogens (tertiary/aromatic N) is 4. The second-order valence-corrected chi connectivity index (χ2v) is 11.6. The standard InChI is InChI=1S/C30H27N5O4S2/c36-26-18-22(5-6-23(26)29(38)39)34-13-10-33(11-14-34)12-15-35-28(37)27(41-30(35)40)17-21-2-1-3-25(32-21)19-4-7-24-20(16-19)8-9-31-24/h1-9,16-18,31,36H,10-15H2,(H,38,39)/b27-17-. The van der Waals surface area contributed by atoms with Crippen molar-refractivity contribution in [2.75, 3.05) is 44.2 Å². The van der Waals surface area contributed by atoms with E-state index in [-0.39, 0.29) is 17.2 Å². The molecule has 0 spiro atoms. The van der Waals surface area contributed by atoms with Gasteiger partial charge in [0.2, 0.25) is 0 Å². The van der Waals surface area contributed by atoms with Crippen LogP contribution in [0.15, 0.2) is 71.8 Å². The highest BCUT2D eigenvalue weighted by molar-refractivity contribution is 8.26. The molecule has 2 saturated heterocycles. The van der Waals surface area contributed by atoms with E-state index < -0.39 is 5.97 Å². The van der Waals surface area contributed by atoms with Crippen LogP contribution < -0.4 is 4.90 Å². The first kappa shape index (κ1) is 27.0. The summed E-state index contributed by atoms with van der Waals surface area (Å²) in [5.74, 6) is -1.49. The second kappa shape index (κ2) is 11.4. The number of phenols is 1. The molecule has 0 radical (unpaired) electrons. The van der Waals surface area contributed by atoms with Crippen molar-refractivity contribution in [3.05, 3.63) is 83.0 Å². The van der Waals surface area contributed by atoms with Crippen molar-refractivity contribution >= 4 is 62.8 Å². The summed E-state index contributed by atoms with van der Waals surface area (Å²) >= 11 is 6.85. The lowest BCUT2D eigenvalue weighted by atomic mass is 10.1. The number of carboxylic acids is 1. The molecule has 2 aromatic heterocycles. The van der Waals surface area contributed by atoms with Gasteiger partial charge in [-0.3, -0.25) is 14.6 Å². The van der Waals surface area contributed by atoms with Gasteiger partial charge in [0.25, 0.3) is 5.91 Å². The first-order valence-electron chi connectivity index (χ1n) is 13.2. The third-order valence-corrected chi connectivity index (χ3v) is 8.74. The summed E-state index contributed by atoms with van der Waals surface area (Å²) in [5.41, 5.74) is 4.30. The van der Waals surface area contributed by atoms with Crippen molar-refractivity contribution in [3.63, 3.8) is 0 Å². The topological polar surface area (TPSA) is 113 Å². The van der Waals surface area contributed by atoms with E-state index in [9.17, 15) is 14.7 Å². The van der Waals surface area contributed by atoms with Crippen LogP contribution >= 0.6 is 24.0 Å².